The zero-order chi connectivity index (χ0) is 17.3. The van der Waals surface area contributed by atoms with E-state index in [-0.39, 0.29) is 11.8 Å². The second-order valence-corrected chi connectivity index (χ2v) is 7.43. The fourth-order valence-corrected chi connectivity index (χ4v) is 3.17. The van der Waals surface area contributed by atoms with E-state index in [9.17, 15) is 13.2 Å². The molecule has 0 saturated carbocycles. The van der Waals surface area contributed by atoms with Gasteiger partial charge in [-0.2, -0.15) is 0 Å². The molecular weight excluding hydrogens is 334 g/mol. The molecule has 1 aromatic heterocycles. The molecule has 128 valence electrons. The van der Waals surface area contributed by atoms with Crippen LogP contribution >= 0.6 is 0 Å². The molecule has 1 amide bonds. The first kappa shape index (κ1) is 16.4. The Morgan fingerprint density at radius 3 is 2.75 bits per heavy atom. The predicted molar refractivity (Wildman–Crippen MR) is 83.4 cm³/mol. The van der Waals surface area contributed by atoms with Gasteiger partial charge in [0.05, 0.1) is 12.7 Å². The van der Waals surface area contributed by atoms with E-state index < -0.39 is 21.1 Å². The molecule has 0 bridgehead atoms. The molecule has 2 heterocycles. The zero-order valence-corrected chi connectivity index (χ0v) is 14.1. The molecule has 1 saturated heterocycles. The lowest BCUT2D eigenvalue weighted by atomic mass is 10.1. The van der Waals surface area contributed by atoms with Gasteiger partial charge in [0, 0.05) is 12.8 Å². The average Bonchev–Trinajstić information content (AvgIpc) is 3.22. The van der Waals surface area contributed by atoms with Crippen molar-refractivity contribution < 1.29 is 22.4 Å². The van der Waals surface area contributed by atoms with Crippen LogP contribution in [-0.4, -0.2) is 49.3 Å². The Bertz CT molecular complexity index is 861. The van der Waals surface area contributed by atoms with E-state index in [4.69, 9.17) is 9.15 Å². The Balaban J connectivity index is 1.91. The second-order valence-electron chi connectivity index (χ2n) is 5.54. The Labute approximate surface area is 139 Å². The standard InChI is InChI=1S/C15H17N3O5S/c1-22-12-8-4-3-6-10(12)14(19)18-9-5-7-11(18)13-16-17-15(23-13)24(2,20)21/h3-4,6,8,11H,5,7,9H2,1-2H3/t11-/m0/s1. The summed E-state index contributed by atoms with van der Waals surface area (Å²) in [6, 6.07) is 6.51. The first-order valence-corrected chi connectivity index (χ1v) is 9.28. The summed E-state index contributed by atoms with van der Waals surface area (Å²) >= 11 is 0. The van der Waals surface area contributed by atoms with Crippen molar-refractivity contribution in [3.63, 3.8) is 0 Å². The summed E-state index contributed by atoms with van der Waals surface area (Å²) in [6.45, 7) is 0.526. The number of ether oxygens (including phenoxy) is 1. The minimum Gasteiger partial charge on any atom is -0.496 e. The molecule has 0 aliphatic carbocycles. The molecule has 1 aromatic carbocycles. The minimum absolute atomic E-state index is 0.135. The zero-order valence-electron chi connectivity index (χ0n) is 13.3. The van der Waals surface area contributed by atoms with Crippen molar-refractivity contribution in [1.82, 2.24) is 15.1 Å². The van der Waals surface area contributed by atoms with Gasteiger partial charge in [0.25, 0.3) is 5.91 Å². The minimum atomic E-state index is -3.58. The van der Waals surface area contributed by atoms with Crippen molar-refractivity contribution in [2.24, 2.45) is 0 Å². The van der Waals surface area contributed by atoms with Gasteiger partial charge < -0.3 is 14.1 Å². The lowest BCUT2D eigenvalue weighted by molar-refractivity contribution is 0.0709. The summed E-state index contributed by atoms with van der Waals surface area (Å²) in [6.07, 6.45) is 2.39. The summed E-state index contributed by atoms with van der Waals surface area (Å²) in [4.78, 5) is 14.5. The highest BCUT2D eigenvalue weighted by molar-refractivity contribution is 7.90. The topological polar surface area (TPSA) is 103 Å². The lowest BCUT2D eigenvalue weighted by Gasteiger charge is -2.22. The van der Waals surface area contributed by atoms with Gasteiger partial charge in [-0.1, -0.05) is 17.2 Å². The number of amides is 1. The largest absolute Gasteiger partial charge is 0.496 e. The molecule has 0 unspecified atom stereocenters. The molecule has 9 heteroatoms. The van der Waals surface area contributed by atoms with Crippen LogP contribution in [0.4, 0.5) is 0 Å². The van der Waals surface area contributed by atoms with Crippen molar-refractivity contribution >= 4 is 15.7 Å². The molecule has 1 aliphatic rings. The number of likely N-dealkylation sites (tertiary alicyclic amines) is 1. The number of rotatable bonds is 4. The van der Waals surface area contributed by atoms with E-state index in [1.807, 2.05) is 0 Å². The van der Waals surface area contributed by atoms with E-state index in [0.29, 0.717) is 24.3 Å². The Hall–Kier alpha value is -2.42. The highest BCUT2D eigenvalue weighted by Crippen LogP contribution is 2.34. The van der Waals surface area contributed by atoms with Crippen molar-refractivity contribution in [3.8, 4) is 5.75 Å². The number of carbonyl (C=O) groups is 1. The van der Waals surface area contributed by atoms with Crippen molar-refractivity contribution in [2.45, 2.75) is 24.1 Å². The van der Waals surface area contributed by atoms with Gasteiger partial charge in [-0.05, 0) is 25.0 Å². The number of hydrogen-bond donors (Lipinski definition) is 0. The maximum Gasteiger partial charge on any atom is 0.335 e. The first-order valence-electron chi connectivity index (χ1n) is 7.39. The van der Waals surface area contributed by atoms with Crippen molar-refractivity contribution in [1.29, 1.82) is 0 Å². The summed E-state index contributed by atoms with van der Waals surface area (Å²) in [7, 11) is -2.07. The van der Waals surface area contributed by atoms with Gasteiger partial charge >= 0.3 is 5.22 Å². The Morgan fingerprint density at radius 2 is 2.08 bits per heavy atom. The molecule has 0 radical (unpaired) electrons. The highest BCUT2D eigenvalue weighted by atomic mass is 32.2. The normalized spacial score (nSPS) is 17.9. The molecule has 0 N–H and O–H groups in total. The molecular formula is C15H17N3O5S. The van der Waals surface area contributed by atoms with Crippen LogP contribution in [0.5, 0.6) is 5.75 Å². The van der Waals surface area contributed by atoms with Gasteiger partial charge in [-0.25, -0.2) is 8.42 Å². The fourth-order valence-electron chi connectivity index (χ4n) is 2.75. The number of sulfone groups is 1. The van der Waals surface area contributed by atoms with Crippen LogP contribution in [-0.2, 0) is 9.84 Å². The van der Waals surface area contributed by atoms with Gasteiger partial charge in [0.2, 0.25) is 15.7 Å². The summed E-state index contributed by atoms with van der Waals surface area (Å²) in [5, 5.41) is 6.94. The Kier molecular flexibility index (Phi) is 4.27. The van der Waals surface area contributed by atoms with Gasteiger partial charge in [0.1, 0.15) is 11.8 Å². The molecule has 1 aliphatic heterocycles. The summed E-state index contributed by atoms with van der Waals surface area (Å²) in [5.41, 5.74) is 0.440. The predicted octanol–water partition coefficient (Wildman–Crippen LogP) is 1.46. The lowest BCUT2D eigenvalue weighted by Crippen LogP contribution is -2.31. The molecule has 1 atom stereocenters. The van der Waals surface area contributed by atoms with Crippen LogP contribution in [0.1, 0.15) is 35.1 Å². The number of aromatic nitrogens is 2. The summed E-state index contributed by atoms with van der Waals surface area (Å²) < 4.78 is 33.5. The number of benzene rings is 1. The SMILES string of the molecule is COc1ccccc1C(=O)N1CCC[C@H]1c1nnc(S(C)(=O)=O)o1. The quantitative estimate of drug-likeness (QED) is 0.821. The smallest absolute Gasteiger partial charge is 0.335 e. The molecule has 24 heavy (non-hydrogen) atoms. The second kappa shape index (κ2) is 6.23. The van der Waals surface area contributed by atoms with E-state index in [2.05, 4.69) is 10.2 Å². The number of para-hydroxylation sites is 1. The molecule has 0 spiro atoms. The molecule has 3 rings (SSSR count). The third kappa shape index (κ3) is 2.99. The number of nitrogens with zero attached hydrogens (tertiary/aromatic N) is 3. The third-order valence-corrected chi connectivity index (χ3v) is 4.67. The molecule has 1 fully saturated rings. The van der Waals surface area contributed by atoms with E-state index >= 15 is 0 Å². The van der Waals surface area contributed by atoms with Crippen LogP contribution in [0.25, 0.3) is 0 Å². The van der Waals surface area contributed by atoms with Crippen molar-refractivity contribution in [3.05, 3.63) is 35.7 Å². The van der Waals surface area contributed by atoms with Crippen LogP contribution in [0.3, 0.4) is 0 Å². The highest BCUT2D eigenvalue weighted by Gasteiger charge is 2.36. The monoisotopic (exact) mass is 351 g/mol. The number of methoxy groups -OCH3 is 1. The maximum atomic E-state index is 12.9. The average molecular weight is 351 g/mol. The first-order chi connectivity index (χ1) is 11.4. The van der Waals surface area contributed by atoms with Gasteiger partial charge in [-0.15, -0.1) is 5.10 Å². The van der Waals surface area contributed by atoms with Gasteiger partial charge in [0.15, 0.2) is 0 Å². The van der Waals surface area contributed by atoms with Crippen molar-refractivity contribution in [2.75, 3.05) is 19.9 Å². The summed E-state index contributed by atoms with van der Waals surface area (Å²) in [5.74, 6) is 0.403. The number of carbonyl (C=O) groups excluding carboxylic acids is 1. The van der Waals surface area contributed by atoms with Crippen LogP contribution in [0, 0.1) is 0 Å². The molecule has 8 nitrogen and oxygen atoms in total. The Morgan fingerprint density at radius 1 is 1.33 bits per heavy atom. The van der Waals surface area contributed by atoms with Crippen LogP contribution < -0.4 is 4.74 Å². The van der Waals surface area contributed by atoms with Crippen LogP contribution in [0.15, 0.2) is 33.9 Å². The number of hydrogen-bond acceptors (Lipinski definition) is 7. The van der Waals surface area contributed by atoms with E-state index in [1.54, 1.807) is 29.2 Å². The fraction of sp³-hybridized carbons (Fsp3) is 0.400. The van der Waals surface area contributed by atoms with Gasteiger partial charge in [-0.3, -0.25) is 4.79 Å². The van der Waals surface area contributed by atoms with E-state index in [0.717, 1.165) is 12.7 Å². The third-order valence-electron chi connectivity index (χ3n) is 3.88. The van der Waals surface area contributed by atoms with E-state index in [1.165, 1.54) is 7.11 Å². The van der Waals surface area contributed by atoms with Crippen LogP contribution in [0.2, 0.25) is 0 Å². The molecule has 2 aromatic rings. The maximum absolute atomic E-state index is 12.9.